The van der Waals surface area contributed by atoms with Crippen molar-refractivity contribution in [3.05, 3.63) is 24.4 Å². The Morgan fingerprint density at radius 3 is 1.83 bits per heavy atom. The van der Waals surface area contributed by atoms with Gasteiger partial charge in [-0.2, -0.15) is 13.2 Å². The first-order chi connectivity index (χ1) is 5.25. The van der Waals surface area contributed by atoms with Crippen molar-refractivity contribution in [3.63, 3.8) is 0 Å². The second kappa shape index (κ2) is 3.56. The summed E-state index contributed by atoms with van der Waals surface area (Å²) in [6, 6.07) is 0. The first kappa shape index (κ1) is 10.9. The van der Waals surface area contributed by atoms with E-state index >= 15 is 0 Å². The average Bonchev–Trinajstić information content (AvgIpc) is 1.85. The van der Waals surface area contributed by atoms with E-state index in [-0.39, 0.29) is 5.71 Å². The van der Waals surface area contributed by atoms with Gasteiger partial charge in [0.2, 0.25) is 0 Å². The van der Waals surface area contributed by atoms with Crippen LogP contribution in [-0.4, -0.2) is 11.9 Å². The quantitative estimate of drug-likeness (QED) is 0.574. The van der Waals surface area contributed by atoms with Gasteiger partial charge in [-0.05, 0) is 19.4 Å². The van der Waals surface area contributed by atoms with Gasteiger partial charge in [0, 0.05) is 5.71 Å². The summed E-state index contributed by atoms with van der Waals surface area (Å²) in [4.78, 5) is 3.25. The van der Waals surface area contributed by atoms with Crippen molar-refractivity contribution >= 4 is 5.71 Å². The Balaban J connectivity index is 4.57. The molecule has 0 heterocycles. The summed E-state index contributed by atoms with van der Waals surface area (Å²) < 4.78 is 35.5. The van der Waals surface area contributed by atoms with Gasteiger partial charge in [0.25, 0.3) is 0 Å². The predicted molar refractivity (Wildman–Crippen MR) is 43.1 cm³/mol. The molecule has 0 saturated heterocycles. The lowest BCUT2D eigenvalue weighted by molar-refractivity contribution is -0.0919. The fourth-order valence-corrected chi connectivity index (χ4v) is 0.361. The lowest BCUT2D eigenvalue weighted by atomic mass is 10.2. The van der Waals surface area contributed by atoms with Gasteiger partial charge in [-0.15, -0.1) is 0 Å². The smallest absolute Gasteiger partial charge is 0.249 e. The summed E-state index contributed by atoms with van der Waals surface area (Å²) in [6.45, 7) is 9.29. The van der Waals surface area contributed by atoms with Crippen molar-refractivity contribution in [1.82, 2.24) is 0 Å². The van der Waals surface area contributed by atoms with Crippen LogP contribution in [0.1, 0.15) is 13.8 Å². The molecule has 0 aromatic carbocycles. The molecule has 0 aliphatic heterocycles. The molecule has 0 aromatic heterocycles. The van der Waals surface area contributed by atoms with Crippen LogP contribution in [0.25, 0.3) is 0 Å². The second-order valence-electron chi connectivity index (χ2n) is 2.42. The van der Waals surface area contributed by atoms with Crippen molar-refractivity contribution in [2.24, 2.45) is 4.99 Å². The van der Waals surface area contributed by atoms with Gasteiger partial charge in [0.05, 0.1) is 0 Å². The number of allylic oxidation sites excluding steroid dienone is 2. The number of aliphatic imine (C=N–C) groups is 1. The molecule has 0 spiro atoms. The van der Waals surface area contributed by atoms with Crippen LogP contribution in [0.3, 0.4) is 0 Å². The molecule has 0 unspecified atom stereocenters. The molecule has 12 heavy (non-hydrogen) atoms. The van der Waals surface area contributed by atoms with Crippen LogP contribution < -0.4 is 0 Å². The van der Waals surface area contributed by atoms with E-state index in [0.717, 1.165) is 0 Å². The van der Waals surface area contributed by atoms with Gasteiger partial charge < -0.3 is 0 Å². The highest BCUT2D eigenvalue weighted by Crippen LogP contribution is 2.25. The van der Waals surface area contributed by atoms with E-state index in [1.807, 2.05) is 0 Å². The molecular formula is C8H10F3N. The molecular weight excluding hydrogens is 167 g/mol. The number of nitrogens with zero attached hydrogens (tertiary/aromatic N) is 1. The number of hydrogen-bond donors (Lipinski definition) is 0. The zero-order valence-electron chi connectivity index (χ0n) is 7.00. The normalized spacial score (nSPS) is 12.9. The maximum Gasteiger partial charge on any atom is 0.432 e. The topological polar surface area (TPSA) is 12.4 Å². The molecule has 0 amide bonds. The molecule has 0 rings (SSSR count). The Kier molecular flexibility index (Phi) is 3.24. The van der Waals surface area contributed by atoms with Crippen molar-refractivity contribution in [2.75, 3.05) is 0 Å². The Hall–Kier alpha value is -1.06. The fraction of sp³-hybridized carbons (Fsp3) is 0.375. The Morgan fingerprint density at radius 2 is 1.58 bits per heavy atom. The molecule has 0 aromatic rings. The zero-order valence-corrected chi connectivity index (χ0v) is 7.00. The number of rotatable bonds is 2. The van der Waals surface area contributed by atoms with Crippen LogP contribution in [0, 0.1) is 0 Å². The van der Waals surface area contributed by atoms with E-state index in [0.29, 0.717) is 5.57 Å². The lowest BCUT2D eigenvalue weighted by Crippen LogP contribution is -2.10. The highest BCUT2D eigenvalue weighted by atomic mass is 19.4. The maximum atomic E-state index is 11.8. The molecule has 0 radical (unpaired) electrons. The van der Waals surface area contributed by atoms with Gasteiger partial charge in [-0.25, -0.2) is 4.99 Å². The molecule has 0 N–H and O–H groups in total. The molecule has 0 atom stereocenters. The minimum atomic E-state index is -4.45. The highest BCUT2D eigenvalue weighted by molar-refractivity contribution is 5.97. The van der Waals surface area contributed by atoms with Crippen LogP contribution in [0.4, 0.5) is 13.2 Å². The molecule has 4 heteroatoms. The average molecular weight is 177 g/mol. The highest BCUT2D eigenvalue weighted by Gasteiger charge is 2.31. The largest absolute Gasteiger partial charge is 0.432 e. The fourth-order valence-electron chi connectivity index (χ4n) is 0.361. The van der Waals surface area contributed by atoms with Gasteiger partial charge >= 0.3 is 6.18 Å². The zero-order chi connectivity index (χ0) is 9.94. The van der Waals surface area contributed by atoms with Crippen LogP contribution in [0.15, 0.2) is 29.4 Å². The number of halogens is 3. The summed E-state index contributed by atoms with van der Waals surface area (Å²) >= 11 is 0. The van der Waals surface area contributed by atoms with Crippen molar-refractivity contribution < 1.29 is 13.2 Å². The Bertz CT molecular complexity index is 235. The maximum absolute atomic E-state index is 11.8. The molecule has 1 nitrogen and oxygen atoms in total. The van der Waals surface area contributed by atoms with E-state index in [4.69, 9.17) is 0 Å². The van der Waals surface area contributed by atoms with Crippen LogP contribution in [0.5, 0.6) is 0 Å². The first-order valence-electron chi connectivity index (χ1n) is 3.22. The Morgan fingerprint density at radius 1 is 1.17 bits per heavy atom. The molecule has 0 aliphatic rings. The first-order valence-corrected chi connectivity index (χ1v) is 3.22. The molecule has 0 saturated carbocycles. The minimum absolute atomic E-state index is 0.248. The second-order valence-corrected chi connectivity index (χ2v) is 2.42. The van der Waals surface area contributed by atoms with Crippen molar-refractivity contribution in [1.29, 1.82) is 0 Å². The van der Waals surface area contributed by atoms with Crippen molar-refractivity contribution in [3.8, 4) is 0 Å². The van der Waals surface area contributed by atoms with E-state index < -0.39 is 11.9 Å². The number of hydrogen-bond acceptors (Lipinski definition) is 1. The summed E-state index contributed by atoms with van der Waals surface area (Å²) in [6.07, 6.45) is -4.45. The van der Waals surface area contributed by atoms with Gasteiger partial charge in [0.15, 0.2) is 0 Å². The summed E-state index contributed by atoms with van der Waals surface area (Å²) in [5, 5.41) is 0. The molecule has 0 fully saturated rings. The summed E-state index contributed by atoms with van der Waals surface area (Å²) in [7, 11) is 0. The standard InChI is InChI=1S/C8H10F3N/c1-5(2)6(3)12-7(4)8(9,10)11/h1,4H2,2-3H3. The Labute approximate surface area is 69.3 Å². The van der Waals surface area contributed by atoms with E-state index in [1.165, 1.54) is 6.92 Å². The van der Waals surface area contributed by atoms with Crippen LogP contribution >= 0.6 is 0 Å². The third-order valence-electron chi connectivity index (χ3n) is 1.25. The third kappa shape index (κ3) is 3.37. The van der Waals surface area contributed by atoms with Crippen LogP contribution in [-0.2, 0) is 0 Å². The van der Waals surface area contributed by atoms with Gasteiger partial charge in [0.1, 0.15) is 5.70 Å². The molecule has 0 aliphatic carbocycles. The SMILES string of the molecule is C=C(C)C(C)=NC(=C)C(F)(F)F. The molecule has 0 bridgehead atoms. The van der Waals surface area contributed by atoms with E-state index in [9.17, 15) is 13.2 Å². The monoisotopic (exact) mass is 177 g/mol. The summed E-state index contributed by atoms with van der Waals surface area (Å²) in [5.74, 6) is 0. The van der Waals surface area contributed by atoms with Crippen LogP contribution in [0.2, 0.25) is 0 Å². The number of alkyl halides is 3. The van der Waals surface area contributed by atoms with Crippen molar-refractivity contribution in [2.45, 2.75) is 20.0 Å². The van der Waals surface area contributed by atoms with Gasteiger partial charge in [-0.1, -0.05) is 13.2 Å². The molecule has 68 valence electrons. The predicted octanol–water partition coefficient (Wildman–Crippen LogP) is 3.10. The minimum Gasteiger partial charge on any atom is -0.249 e. The third-order valence-corrected chi connectivity index (χ3v) is 1.25. The van der Waals surface area contributed by atoms with E-state index in [2.05, 4.69) is 18.2 Å². The van der Waals surface area contributed by atoms with E-state index in [1.54, 1.807) is 6.92 Å². The lowest BCUT2D eigenvalue weighted by Gasteiger charge is -2.06. The summed E-state index contributed by atoms with van der Waals surface area (Å²) in [5.41, 5.74) is -0.347. The van der Waals surface area contributed by atoms with Gasteiger partial charge in [-0.3, -0.25) is 0 Å².